The van der Waals surface area contributed by atoms with Gasteiger partial charge < -0.3 is 14.9 Å². The highest BCUT2D eigenvalue weighted by Crippen LogP contribution is 2.22. The largest absolute Gasteiger partial charge is 0.508 e. The number of benzene rings is 1. The van der Waals surface area contributed by atoms with E-state index in [1.165, 1.54) is 6.07 Å². The van der Waals surface area contributed by atoms with Gasteiger partial charge in [0, 0.05) is 24.7 Å². The monoisotopic (exact) mass is 248 g/mol. The third-order valence-corrected chi connectivity index (χ3v) is 3.62. The fourth-order valence-corrected chi connectivity index (χ4v) is 2.61. The maximum atomic E-state index is 12.3. The molecule has 1 saturated heterocycles. The number of phenolic OH excluding ortho intramolecular Hbond substituents is 1. The van der Waals surface area contributed by atoms with Crippen LogP contribution in [-0.4, -0.2) is 54.0 Å². The summed E-state index contributed by atoms with van der Waals surface area (Å²) >= 11 is 0. The highest BCUT2D eigenvalue weighted by molar-refractivity contribution is 5.94. The third kappa shape index (κ3) is 2.48. The average molecular weight is 248 g/mol. The second-order valence-electron chi connectivity index (χ2n) is 5.27. The molecule has 1 aromatic rings. The first kappa shape index (κ1) is 12.9. The molecule has 1 aliphatic heterocycles. The lowest BCUT2D eigenvalue weighted by atomic mass is 10.1. The smallest absolute Gasteiger partial charge is 0.254 e. The average Bonchev–Trinajstić information content (AvgIpc) is 2.70. The van der Waals surface area contributed by atoms with Crippen LogP contribution in [0.2, 0.25) is 0 Å². The molecule has 1 N–H and O–H groups in total. The number of nitrogens with zero attached hydrogens (tertiary/aromatic N) is 2. The Labute approximate surface area is 108 Å². The molecule has 2 unspecified atom stereocenters. The fraction of sp³-hybridized carbons (Fsp3) is 0.500. The van der Waals surface area contributed by atoms with Gasteiger partial charge in [-0.05, 0) is 38.2 Å². The number of hydrogen-bond donors (Lipinski definition) is 1. The minimum Gasteiger partial charge on any atom is -0.508 e. The van der Waals surface area contributed by atoms with Gasteiger partial charge in [-0.2, -0.15) is 0 Å². The van der Waals surface area contributed by atoms with Crippen LogP contribution in [-0.2, 0) is 0 Å². The summed E-state index contributed by atoms with van der Waals surface area (Å²) in [6.07, 6.45) is 0. The number of rotatable bonds is 2. The Morgan fingerprint density at radius 1 is 1.39 bits per heavy atom. The summed E-state index contributed by atoms with van der Waals surface area (Å²) in [5.74, 6) is 0.612. The van der Waals surface area contributed by atoms with Gasteiger partial charge in [0.2, 0.25) is 0 Å². The minimum atomic E-state index is 0.00194. The maximum absolute atomic E-state index is 12.3. The van der Waals surface area contributed by atoms with Crippen molar-refractivity contribution in [2.75, 3.05) is 27.2 Å². The molecule has 0 aromatic heterocycles. The van der Waals surface area contributed by atoms with Crippen molar-refractivity contribution in [3.8, 4) is 5.75 Å². The van der Waals surface area contributed by atoms with E-state index in [4.69, 9.17) is 0 Å². The molecule has 18 heavy (non-hydrogen) atoms. The van der Waals surface area contributed by atoms with E-state index < -0.39 is 0 Å². The predicted molar refractivity (Wildman–Crippen MR) is 70.6 cm³/mol. The van der Waals surface area contributed by atoms with E-state index >= 15 is 0 Å². The Bertz CT molecular complexity index is 445. The van der Waals surface area contributed by atoms with Crippen molar-refractivity contribution >= 4 is 5.91 Å². The molecule has 98 valence electrons. The van der Waals surface area contributed by atoms with Gasteiger partial charge in [-0.3, -0.25) is 4.79 Å². The highest BCUT2D eigenvalue weighted by Gasteiger charge is 2.33. The van der Waals surface area contributed by atoms with Gasteiger partial charge in [-0.15, -0.1) is 0 Å². The first-order valence-electron chi connectivity index (χ1n) is 6.23. The molecule has 2 atom stereocenters. The van der Waals surface area contributed by atoms with Crippen molar-refractivity contribution in [3.05, 3.63) is 29.8 Å². The Morgan fingerprint density at radius 3 is 2.67 bits per heavy atom. The van der Waals surface area contributed by atoms with Gasteiger partial charge >= 0.3 is 0 Å². The van der Waals surface area contributed by atoms with Crippen LogP contribution in [0.5, 0.6) is 5.75 Å². The lowest BCUT2D eigenvalue weighted by Gasteiger charge is -2.22. The van der Waals surface area contributed by atoms with E-state index in [-0.39, 0.29) is 11.7 Å². The van der Waals surface area contributed by atoms with Crippen LogP contribution in [0.3, 0.4) is 0 Å². The van der Waals surface area contributed by atoms with Crippen molar-refractivity contribution in [3.63, 3.8) is 0 Å². The summed E-state index contributed by atoms with van der Waals surface area (Å²) in [5, 5.41) is 9.42. The summed E-state index contributed by atoms with van der Waals surface area (Å²) in [5.41, 5.74) is 0.557. The number of phenols is 1. The van der Waals surface area contributed by atoms with Crippen molar-refractivity contribution in [1.82, 2.24) is 9.80 Å². The van der Waals surface area contributed by atoms with E-state index in [0.717, 1.165) is 13.1 Å². The van der Waals surface area contributed by atoms with Gasteiger partial charge in [-0.25, -0.2) is 0 Å². The Kier molecular flexibility index (Phi) is 3.57. The molecule has 1 heterocycles. The van der Waals surface area contributed by atoms with Gasteiger partial charge in [-0.1, -0.05) is 13.0 Å². The summed E-state index contributed by atoms with van der Waals surface area (Å²) < 4.78 is 0. The van der Waals surface area contributed by atoms with Crippen molar-refractivity contribution in [2.45, 2.75) is 13.0 Å². The molecule has 0 aliphatic carbocycles. The van der Waals surface area contributed by atoms with Gasteiger partial charge in [0.15, 0.2) is 0 Å². The Hall–Kier alpha value is -1.55. The first-order chi connectivity index (χ1) is 8.49. The molecule has 1 aliphatic rings. The van der Waals surface area contributed by atoms with Crippen LogP contribution in [0.25, 0.3) is 0 Å². The van der Waals surface area contributed by atoms with Crippen molar-refractivity contribution in [1.29, 1.82) is 0 Å². The molecule has 0 radical (unpaired) electrons. The van der Waals surface area contributed by atoms with Crippen LogP contribution in [0.15, 0.2) is 24.3 Å². The fourth-order valence-electron chi connectivity index (χ4n) is 2.61. The molecular formula is C14H20N2O2. The maximum Gasteiger partial charge on any atom is 0.254 e. The Balaban J connectivity index is 2.12. The first-order valence-corrected chi connectivity index (χ1v) is 6.23. The molecule has 2 rings (SSSR count). The van der Waals surface area contributed by atoms with Gasteiger partial charge in [0.25, 0.3) is 5.91 Å². The van der Waals surface area contributed by atoms with Crippen LogP contribution >= 0.6 is 0 Å². The van der Waals surface area contributed by atoms with Crippen molar-refractivity contribution in [2.24, 2.45) is 5.92 Å². The highest BCUT2D eigenvalue weighted by atomic mass is 16.3. The van der Waals surface area contributed by atoms with Crippen molar-refractivity contribution < 1.29 is 9.90 Å². The number of hydrogen-bond acceptors (Lipinski definition) is 3. The normalized spacial score (nSPS) is 23.7. The molecule has 4 nitrogen and oxygen atoms in total. The molecule has 1 fully saturated rings. The molecular weight excluding hydrogens is 228 g/mol. The predicted octanol–water partition coefficient (Wildman–Crippen LogP) is 1.41. The number of likely N-dealkylation sites (tertiary alicyclic amines) is 1. The summed E-state index contributed by atoms with van der Waals surface area (Å²) in [4.78, 5) is 16.3. The molecule has 0 bridgehead atoms. The second-order valence-corrected chi connectivity index (χ2v) is 5.27. The molecule has 0 spiro atoms. The zero-order valence-corrected chi connectivity index (χ0v) is 11.1. The zero-order chi connectivity index (χ0) is 13.3. The molecule has 4 heteroatoms. The van der Waals surface area contributed by atoms with Gasteiger partial charge in [0.1, 0.15) is 5.75 Å². The lowest BCUT2D eigenvalue weighted by Crippen LogP contribution is -2.35. The van der Waals surface area contributed by atoms with E-state index in [0.29, 0.717) is 17.5 Å². The quantitative estimate of drug-likeness (QED) is 0.860. The number of carbonyl (C=O) groups excluding carboxylic acids is 1. The Morgan fingerprint density at radius 2 is 2.11 bits per heavy atom. The van der Waals surface area contributed by atoms with E-state index in [9.17, 15) is 9.90 Å². The lowest BCUT2D eigenvalue weighted by molar-refractivity contribution is 0.0781. The van der Waals surface area contributed by atoms with Crippen LogP contribution in [0.1, 0.15) is 17.3 Å². The van der Waals surface area contributed by atoms with Gasteiger partial charge in [0.05, 0.1) is 0 Å². The number of carbonyl (C=O) groups is 1. The van der Waals surface area contributed by atoms with E-state index in [1.807, 2.05) is 19.0 Å². The number of likely N-dealkylation sites (N-methyl/N-ethyl adjacent to an activating group) is 1. The molecule has 0 saturated carbocycles. The standard InChI is InChI=1S/C14H20N2O2/c1-10-8-16(9-13(10)15(2)3)14(18)11-5-4-6-12(17)7-11/h4-7,10,13,17H,8-9H2,1-3H3. The minimum absolute atomic E-state index is 0.00194. The topological polar surface area (TPSA) is 43.8 Å². The summed E-state index contributed by atoms with van der Waals surface area (Å²) in [6.45, 7) is 3.69. The van der Waals surface area contributed by atoms with E-state index in [1.54, 1.807) is 18.2 Å². The summed E-state index contributed by atoms with van der Waals surface area (Å²) in [7, 11) is 4.09. The van der Waals surface area contributed by atoms with Crippen LogP contribution < -0.4 is 0 Å². The number of amides is 1. The third-order valence-electron chi connectivity index (χ3n) is 3.62. The summed E-state index contributed by atoms with van der Waals surface area (Å²) in [6, 6.07) is 6.95. The SMILES string of the molecule is CC1CN(C(=O)c2cccc(O)c2)CC1N(C)C. The van der Waals surface area contributed by atoms with Crippen LogP contribution in [0, 0.1) is 5.92 Å². The van der Waals surface area contributed by atoms with E-state index in [2.05, 4.69) is 11.8 Å². The number of aromatic hydroxyl groups is 1. The molecule has 1 aromatic carbocycles. The second kappa shape index (κ2) is 4.98. The van der Waals surface area contributed by atoms with Crippen LogP contribution in [0.4, 0.5) is 0 Å². The zero-order valence-electron chi connectivity index (χ0n) is 11.1. The molecule has 1 amide bonds.